The number of hydrogen-bond acceptors (Lipinski definition) is 4. The molecule has 4 heteroatoms. The molecule has 0 bridgehead atoms. The van der Waals surface area contributed by atoms with Crippen molar-refractivity contribution >= 4 is 0 Å². The van der Waals surface area contributed by atoms with Gasteiger partial charge in [0.2, 0.25) is 0 Å². The summed E-state index contributed by atoms with van der Waals surface area (Å²) in [5, 5.41) is 3.53. The summed E-state index contributed by atoms with van der Waals surface area (Å²) in [7, 11) is 5.67. The van der Waals surface area contributed by atoms with Gasteiger partial charge in [0.15, 0.2) is 0 Å². The van der Waals surface area contributed by atoms with Crippen LogP contribution in [-0.2, 0) is 9.47 Å². The average Bonchev–Trinajstić information content (AvgIpc) is 2.43. The summed E-state index contributed by atoms with van der Waals surface area (Å²) in [4.78, 5) is 2.53. The lowest BCUT2D eigenvalue weighted by molar-refractivity contribution is 0.0406. The Balaban J connectivity index is 2.68. The first kappa shape index (κ1) is 18.9. The zero-order valence-electron chi connectivity index (χ0n) is 14.9. The van der Waals surface area contributed by atoms with E-state index in [0.29, 0.717) is 23.4 Å². The van der Waals surface area contributed by atoms with Crippen LogP contribution in [0.4, 0.5) is 0 Å². The molecule has 0 aromatic carbocycles. The van der Waals surface area contributed by atoms with E-state index >= 15 is 0 Å². The van der Waals surface area contributed by atoms with Crippen LogP contribution >= 0.6 is 0 Å². The van der Waals surface area contributed by atoms with Gasteiger partial charge in [0.25, 0.3) is 0 Å². The van der Waals surface area contributed by atoms with E-state index in [1.54, 1.807) is 14.2 Å². The number of nitrogens with one attached hydrogen (secondary N) is 1. The standard InChI is InChI=1S/C17H36N2O2/c1-14(13-21-6)19(9-10-20-5)12-15-11-17(2,3)8-7-16(15)18-4/h14-16,18H,7-13H2,1-6H3. The van der Waals surface area contributed by atoms with E-state index in [0.717, 1.165) is 26.3 Å². The second-order valence-corrected chi connectivity index (χ2v) is 7.35. The largest absolute Gasteiger partial charge is 0.383 e. The van der Waals surface area contributed by atoms with Crippen molar-refractivity contribution in [3.63, 3.8) is 0 Å². The summed E-state index contributed by atoms with van der Waals surface area (Å²) in [6.07, 6.45) is 3.90. The third kappa shape index (κ3) is 6.23. The van der Waals surface area contributed by atoms with Gasteiger partial charge in [-0.2, -0.15) is 0 Å². The van der Waals surface area contributed by atoms with E-state index in [1.807, 2.05) is 0 Å². The smallest absolute Gasteiger partial charge is 0.0615 e. The van der Waals surface area contributed by atoms with Crippen LogP contribution in [0.15, 0.2) is 0 Å². The van der Waals surface area contributed by atoms with Crippen LogP contribution in [0.5, 0.6) is 0 Å². The average molecular weight is 300 g/mol. The van der Waals surface area contributed by atoms with Gasteiger partial charge in [-0.15, -0.1) is 0 Å². The van der Waals surface area contributed by atoms with Crippen molar-refractivity contribution in [3.8, 4) is 0 Å². The van der Waals surface area contributed by atoms with Gasteiger partial charge in [-0.25, -0.2) is 0 Å². The van der Waals surface area contributed by atoms with Crippen LogP contribution in [0.3, 0.4) is 0 Å². The number of rotatable bonds is 9. The molecule has 0 amide bonds. The van der Waals surface area contributed by atoms with Crippen molar-refractivity contribution in [2.24, 2.45) is 11.3 Å². The van der Waals surface area contributed by atoms with Crippen LogP contribution in [0, 0.1) is 11.3 Å². The van der Waals surface area contributed by atoms with E-state index in [9.17, 15) is 0 Å². The fourth-order valence-electron chi connectivity index (χ4n) is 3.66. The molecule has 21 heavy (non-hydrogen) atoms. The molecule has 0 aromatic rings. The van der Waals surface area contributed by atoms with Gasteiger partial charge in [-0.1, -0.05) is 13.8 Å². The second kappa shape index (κ2) is 9.09. The highest BCUT2D eigenvalue weighted by Gasteiger charge is 2.35. The van der Waals surface area contributed by atoms with E-state index in [-0.39, 0.29) is 0 Å². The first-order chi connectivity index (χ1) is 9.93. The first-order valence-electron chi connectivity index (χ1n) is 8.32. The molecule has 0 radical (unpaired) electrons. The van der Waals surface area contributed by atoms with Crippen molar-refractivity contribution in [2.45, 2.75) is 52.1 Å². The summed E-state index contributed by atoms with van der Waals surface area (Å²) < 4.78 is 10.6. The number of methoxy groups -OCH3 is 2. The topological polar surface area (TPSA) is 33.7 Å². The maximum atomic E-state index is 5.35. The molecule has 0 spiro atoms. The zero-order chi connectivity index (χ0) is 15.9. The Kier molecular flexibility index (Phi) is 8.17. The van der Waals surface area contributed by atoms with Gasteiger partial charge in [0.1, 0.15) is 0 Å². The summed E-state index contributed by atoms with van der Waals surface area (Å²) in [5.41, 5.74) is 0.468. The van der Waals surface area contributed by atoms with Crippen molar-refractivity contribution in [2.75, 3.05) is 47.6 Å². The molecule has 3 unspecified atom stereocenters. The number of ether oxygens (including phenoxy) is 2. The summed E-state index contributed by atoms with van der Waals surface area (Å²) in [6.45, 7) is 10.7. The van der Waals surface area contributed by atoms with Crippen LogP contribution in [-0.4, -0.2) is 64.6 Å². The van der Waals surface area contributed by atoms with Gasteiger partial charge >= 0.3 is 0 Å². The highest BCUT2D eigenvalue weighted by atomic mass is 16.5. The summed E-state index contributed by atoms with van der Waals surface area (Å²) in [5.74, 6) is 0.704. The third-order valence-corrected chi connectivity index (χ3v) is 4.97. The minimum Gasteiger partial charge on any atom is -0.383 e. The normalized spacial score (nSPS) is 27.0. The van der Waals surface area contributed by atoms with Gasteiger partial charge in [-0.05, 0) is 44.6 Å². The van der Waals surface area contributed by atoms with Gasteiger partial charge in [0.05, 0.1) is 13.2 Å². The summed E-state index contributed by atoms with van der Waals surface area (Å²) >= 11 is 0. The van der Waals surface area contributed by atoms with Gasteiger partial charge < -0.3 is 14.8 Å². The van der Waals surface area contributed by atoms with Crippen LogP contribution in [0.25, 0.3) is 0 Å². The van der Waals surface area contributed by atoms with Gasteiger partial charge in [0, 0.05) is 39.4 Å². The van der Waals surface area contributed by atoms with Crippen LogP contribution in [0.1, 0.15) is 40.0 Å². The van der Waals surface area contributed by atoms with Crippen molar-refractivity contribution < 1.29 is 9.47 Å². The Morgan fingerprint density at radius 2 is 2.00 bits per heavy atom. The highest BCUT2D eigenvalue weighted by molar-refractivity contribution is 4.90. The maximum absolute atomic E-state index is 5.35. The zero-order valence-corrected chi connectivity index (χ0v) is 14.9. The minimum atomic E-state index is 0.438. The fraction of sp³-hybridized carbons (Fsp3) is 1.00. The Labute approximate surface area is 131 Å². The summed E-state index contributed by atoms with van der Waals surface area (Å²) in [6, 6.07) is 1.07. The minimum absolute atomic E-state index is 0.438. The molecule has 126 valence electrons. The molecule has 0 heterocycles. The van der Waals surface area contributed by atoms with E-state index in [1.165, 1.54) is 19.3 Å². The quantitative estimate of drug-likeness (QED) is 0.709. The molecule has 1 rings (SSSR count). The van der Waals surface area contributed by atoms with E-state index < -0.39 is 0 Å². The Morgan fingerprint density at radius 3 is 2.57 bits per heavy atom. The molecule has 4 nitrogen and oxygen atoms in total. The molecule has 1 aliphatic carbocycles. The lowest BCUT2D eigenvalue weighted by Crippen LogP contribution is -2.49. The Hall–Kier alpha value is -0.160. The Morgan fingerprint density at radius 1 is 1.29 bits per heavy atom. The van der Waals surface area contributed by atoms with E-state index in [2.05, 4.69) is 38.0 Å². The SMILES string of the molecule is CNC1CCC(C)(C)CC1CN(CCOC)C(C)COC. The van der Waals surface area contributed by atoms with Gasteiger partial charge in [-0.3, -0.25) is 4.90 Å². The molecule has 1 aliphatic rings. The molecular formula is C17H36N2O2. The molecule has 0 saturated heterocycles. The molecule has 0 aromatic heterocycles. The van der Waals surface area contributed by atoms with Crippen molar-refractivity contribution in [1.29, 1.82) is 0 Å². The molecule has 3 atom stereocenters. The predicted octanol–water partition coefficient (Wildman–Crippen LogP) is 2.38. The first-order valence-corrected chi connectivity index (χ1v) is 8.32. The molecule has 1 fully saturated rings. The number of nitrogens with zero attached hydrogens (tertiary/aromatic N) is 1. The molecule has 1 saturated carbocycles. The fourth-order valence-corrected chi connectivity index (χ4v) is 3.66. The van der Waals surface area contributed by atoms with Crippen LogP contribution < -0.4 is 5.32 Å². The molecule has 0 aliphatic heterocycles. The van der Waals surface area contributed by atoms with Crippen LogP contribution in [0.2, 0.25) is 0 Å². The van der Waals surface area contributed by atoms with Crippen molar-refractivity contribution in [1.82, 2.24) is 10.2 Å². The maximum Gasteiger partial charge on any atom is 0.0615 e. The monoisotopic (exact) mass is 300 g/mol. The lowest BCUT2D eigenvalue weighted by atomic mass is 9.69. The molecular weight excluding hydrogens is 264 g/mol. The van der Waals surface area contributed by atoms with E-state index in [4.69, 9.17) is 9.47 Å². The second-order valence-electron chi connectivity index (χ2n) is 7.35. The predicted molar refractivity (Wildman–Crippen MR) is 88.8 cm³/mol. The Bertz CT molecular complexity index is 284. The highest BCUT2D eigenvalue weighted by Crippen LogP contribution is 2.39. The lowest BCUT2D eigenvalue weighted by Gasteiger charge is -2.43. The molecule has 1 N–H and O–H groups in total. The number of hydrogen-bond donors (Lipinski definition) is 1. The third-order valence-electron chi connectivity index (χ3n) is 4.97. The van der Waals surface area contributed by atoms with Crippen molar-refractivity contribution in [3.05, 3.63) is 0 Å².